The lowest BCUT2D eigenvalue weighted by Crippen LogP contribution is -2.45. The second-order valence-corrected chi connectivity index (χ2v) is 4.71. The molecule has 114 valence electrons. The Morgan fingerprint density at radius 3 is 2.65 bits per heavy atom. The predicted molar refractivity (Wildman–Crippen MR) is 80.8 cm³/mol. The van der Waals surface area contributed by atoms with Crippen molar-refractivity contribution in [2.24, 2.45) is 0 Å². The Hall–Kier alpha value is -1.01. The van der Waals surface area contributed by atoms with Crippen molar-refractivity contribution in [1.29, 1.82) is 0 Å². The number of aromatic hydroxyl groups is 1. The highest BCUT2D eigenvalue weighted by molar-refractivity contribution is 5.85. The fourth-order valence-corrected chi connectivity index (χ4v) is 2.67. The Labute approximate surface area is 126 Å². The second-order valence-electron chi connectivity index (χ2n) is 4.71. The zero-order valence-corrected chi connectivity index (χ0v) is 12.5. The summed E-state index contributed by atoms with van der Waals surface area (Å²) in [6.45, 7) is 3.76. The van der Waals surface area contributed by atoms with Gasteiger partial charge < -0.3 is 20.3 Å². The van der Waals surface area contributed by atoms with E-state index in [0.717, 1.165) is 31.7 Å². The number of hydrogen-bond donors (Lipinski definition) is 3. The van der Waals surface area contributed by atoms with Crippen molar-refractivity contribution in [2.45, 2.75) is 12.5 Å². The number of ether oxygens (including phenoxy) is 1. The first-order valence-corrected chi connectivity index (χ1v) is 6.69. The average molecular weight is 303 g/mol. The Kier molecular flexibility index (Phi) is 7.09. The highest BCUT2D eigenvalue weighted by atomic mass is 35.5. The topological polar surface area (TPSA) is 65.0 Å². The summed E-state index contributed by atoms with van der Waals surface area (Å²) >= 11 is 0. The molecule has 0 radical (unpaired) electrons. The number of hydrogen-bond acceptors (Lipinski definition) is 5. The van der Waals surface area contributed by atoms with Gasteiger partial charge in [0.2, 0.25) is 0 Å². The first-order valence-electron chi connectivity index (χ1n) is 6.69. The molecule has 1 aliphatic heterocycles. The molecule has 1 aromatic carbocycles. The van der Waals surface area contributed by atoms with Gasteiger partial charge in [0, 0.05) is 38.8 Å². The summed E-state index contributed by atoms with van der Waals surface area (Å²) in [6, 6.07) is 5.28. The molecule has 5 nitrogen and oxygen atoms in total. The molecule has 0 spiro atoms. The molecule has 1 atom stereocenters. The fourth-order valence-electron chi connectivity index (χ4n) is 2.67. The molecule has 6 heteroatoms. The van der Waals surface area contributed by atoms with Gasteiger partial charge in [0.05, 0.1) is 12.7 Å². The second kappa shape index (κ2) is 8.32. The zero-order chi connectivity index (χ0) is 13.7. The normalized spacial score (nSPS) is 17.3. The first-order chi connectivity index (χ1) is 9.27. The minimum atomic E-state index is -0.0109. The number of nitrogens with one attached hydrogen (secondary N) is 1. The Bertz CT molecular complexity index is 411. The third-order valence-corrected chi connectivity index (χ3v) is 3.59. The molecule has 0 saturated carbocycles. The number of benzene rings is 1. The van der Waals surface area contributed by atoms with Crippen molar-refractivity contribution < 1.29 is 14.9 Å². The predicted octanol–water partition coefficient (Wildman–Crippen LogP) is 1.15. The van der Waals surface area contributed by atoms with Crippen LogP contribution in [0.25, 0.3) is 0 Å². The van der Waals surface area contributed by atoms with Crippen LogP contribution in [0.15, 0.2) is 18.2 Å². The van der Waals surface area contributed by atoms with Crippen LogP contribution < -0.4 is 10.1 Å². The number of phenolic OH excluding ortho intramolecular Hbond substituents is 1. The SMILES string of the molecule is COc1cccc(O)c1[C@@H](CCO)N1CCNCC1.Cl. The van der Waals surface area contributed by atoms with Gasteiger partial charge in [-0.3, -0.25) is 4.90 Å². The molecule has 1 saturated heterocycles. The van der Waals surface area contributed by atoms with E-state index in [2.05, 4.69) is 10.2 Å². The molecular formula is C14H23ClN2O3. The molecule has 0 aliphatic carbocycles. The van der Waals surface area contributed by atoms with Crippen LogP contribution in [0, 0.1) is 0 Å². The lowest BCUT2D eigenvalue weighted by Gasteiger charge is -2.35. The summed E-state index contributed by atoms with van der Waals surface area (Å²) in [5.74, 6) is 0.910. The highest BCUT2D eigenvalue weighted by Gasteiger charge is 2.26. The summed E-state index contributed by atoms with van der Waals surface area (Å²) in [5, 5.41) is 22.8. The molecule has 0 amide bonds. The summed E-state index contributed by atoms with van der Waals surface area (Å²) in [6.07, 6.45) is 0.591. The van der Waals surface area contributed by atoms with Gasteiger partial charge in [-0.25, -0.2) is 0 Å². The van der Waals surface area contributed by atoms with Crippen LogP contribution in [-0.4, -0.2) is 55.0 Å². The fraction of sp³-hybridized carbons (Fsp3) is 0.571. The van der Waals surface area contributed by atoms with Gasteiger partial charge in [0.25, 0.3) is 0 Å². The van der Waals surface area contributed by atoms with Gasteiger partial charge in [-0.2, -0.15) is 0 Å². The van der Waals surface area contributed by atoms with Crippen LogP contribution in [0.2, 0.25) is 0 Å². The standard InChI is InChI=1S/C14H22N2O3.ClH/c1-19-13-4-2-3-12(18)14(13)11(5-10-17)16-8-6-15-7-9-16;/h2-4,11,15,17-18H,5-10H2,1H3;1H/t11-;/m1./s1. The van der Waals surface area contributed by atoms with Crippen LogP contribution in [0.3, 0.4) is 0 Å². The van der Waals surface area contributed by atoms with Crippen molar-refractivity contribution in [2.75, 3.05) is 39.9 Å². The van der Waals surface area contributed by atoms with Crippen molar-refractivity contribution in [1.82, 2.24) is 10.2 Å². The van der Waals surface area contributed by atoms with Crippen LogP contribution in [-0.2, 0) is 0 Å². The summed E-state index contributed by atoms with van der Waals surface area (Å²) in [7, 11) is 1.60. The number of aliphatic hydroxyl groups is 1. The minimum absolute atomic E-state index is 0. The summed E-state index contributed by atoms with van der Waals surface area (Å²) in [4.78, 5) is 2.28. The Balaban J connectivity index is 0.00000200. The number of halogens is 1. The number of methoxy groups -OCH3 is 1. The maximum Gasteiger partial charge on any atom is 0.127 e. The molecule has 0 aromatic heterocycles. The number of rotatable bonds is 5. The monoisotopic (exact) mass is 302 g/mol. The van der Waals surface area contributed by atoms with Crippen LogP contribution in [0.4, 0.5) is 0 Å². The molecule has 2 rings (SSSR count). The van der Waals surface area contributed by atoms with Crippen molar-refractivity contribution in [3.63, 3.8) is 0 Å². The maximum absolute atomic E-state index is 10.1. The lowest BCUT2D eigenvalue weighted by molar-refractivity contribution is 0.137. The van der Waals surface area contributed by atoms with Crippen LogP contribution in [0.1, 0.15) is 18.0 Å². The van der Waals surface area contributed by atoms with Crippen molar-refractivity contribution in [3.05, 3.63) is 23.8 Å². The molecule has 1 aromatic rings. The van der Waals surface area contributed by atoms with Gasteiger partial charge in [0.1, 0.15) is 11.5 Å². The third-order valence-electron chi connectivity index (χ3n) is 3.59. The van der Waals surface area contributed by atoms with E-state index in [0.29, 0.717) is 12.2 Å². The molecular weight excluding hydrogens is 280 g/mol. The average Bonchev–Trinajstić information content (AvgIpc) is 2.46. The molecule has 0 unspecified atom stereocenters. The number of phenols is 1. The zero-order valence-electron chi connectivity index (χ0n) is 11.7. The number of piperazine rings is 1. The molecule has 0 bridgehead atoms. The van der Waals surface area contributed by atoms with Crippen LogP contribution >= 0.6 is 12.4 Å². The Morgan fingerprint density at radius 2 is 2.05 bits per heavy atom. The maximum atomic E-state index is 10.1. The van der Waals surface area contributed by atoms with E-state index in [1.54, 1.807) is 19.2 Å². The lowest BCUT2D eigenvalue weighted by atomic mass is 9.99. The molecule has 1 aliphatic rings. The van der Waals surface area contributed by atoms with E-state index in [4.69, 9.17) is 4.74 Å². The highest BCUT2D eigenvalue weighted by Crippen LogP contribution is 2.38. The smallest absolute Gasteiger partial charge is 0.127 e. The largest absolute Gasteiger partial charge is 0.507 e. The van der Waals surface area contributed by atoms with Crippen molar-refractivity contribution in [3.8, 4) is 11.5 Å². The van der Waals surface area contributed by atoms with Gasteiger partial charge in [-0.05, 0) is 18.6 Å². The molecule has 3 N–H and O–H groups in total. The summed E-state index contributed by atoms with van der Waals surface area (Å²) < 4.78 is 5.36. The van der Waals surface area contributed by atoms with E-state index in [1.165, 1.54) is 0 Å². The van der Waals surface area contributed by atoms with Crippen molar-refractivity contribution >= 4 is 12.4 Å². The molecule has 1 fully saturated rings. The minimum Gasteiger partial charge on any atom is -0.507 e. The number of aliphatic hydroxyl groups excluding tert-OH is 1. The van der Waals surface area contributed by atoms with Gasteiger partial charge in [-0.1, -0.05) is 6.07 Å². The van der Waals surface area contributed by atoms with Gasteiger partial charge >= 0.3 is 0 Å². The Morgan fingerprint density at radius 1 is 1.35 bits per heavy atom. The van der Waals surface area contributed by atoms with E-state index < -0.39 is 0 Å². The van der Waals surface area contributed by atoms with E-state index in [-0.39, 0.29) is 30.8 Å². The van der Waals surface area contributed by atoms with Gasteiger partial charge in [-0.15, -0.1) is 12.4 Å². The first kappa shape index (κ1) is 17.0. The van der Waals surface area contributed by atoms with E-state index in [1.807, 2.05) is 6.07 Å². The van der Waals surface area contributed by atoms with E-state index in [9.17, 15) is 10.2 Å². The molecule has 1 heterocycles. The summed E-state index contributed by atoms with van der Waals surface area (Å²) in [5.41, 5.74) is 0.779. The van der Waals surface area contributed by atoms with E-state index >= 15 is 0 Å². The van der Waals surface area contributed by atoms with Gasteiger partial charge in [0.15, 0.2) is 0 Å². The number of nitrogens with zero attached hydrogens (tertiary/aromatic N) is 1. The van der Waals surface area contributed by atoms with Crippen LogP contribution in [0.5, 0.6) is 11.5 Å². The molecule has 20 heavy (non-hydrogen) atoms. The third kappa shape index (κ3) is 3.76. The quantitative estimate of drug-likeness (QED) is 0.761.